The van der Waals surface area contributed by atoms with Gasteiger partial charge in [-0.2, -0.15) is 0 Å². The molecule has 1 aliphatic rings. The second-order valence-corrected chi connectivity index (χ2v) is 8.39. The van der Waals surface area contributed by atoms with E-state index in [0.29, 0.717) is 17.7 Å². The lowest BCUT2D eigenvalue weighted by atomic mass is 9.98. The summed E-state index contributed by atoms with van der Waals surface area (Å²) in [4.78, 5) is 40.0. The first-order valence-electron chi connectivity index (χ1n) is 11.5. The Labute approximate surface area is 203 Å². The Bertz CT molecular complexity index is 1200. The second kappa shape index (κ2) is 10.8. The molecule has 8 heteroatoms. The zero-order valence-corrected chi connectivity index (χ0v) is 19.4. The fourth-order valence-electron chi connectivity index (χ4n) is 4.31. The Morgan fingerprint density at radius 2 is 1.69 bits per heavy atom. The molecule has 0 unspecified atom stereocenters. The normalized spacial score (nSPS) is 12.8. The molecular weight excluding hydrogens is 446 g/mol. The third-order valence-electron chi connectivity index (χ3n) is 6.09. The molecule has 1 atom stereocenters. The summed E-state index contributed by atoms with van der Waals surface area (Å²) in [5.41, 5.74) is 5.41. The summed E-state index contributed by atoms with van der Waals surface area (Å²) in [5, 5.41) is 14.4. The van der Waals surface area contributed by atoms with Crippen molar-refractivity contribution in [2.45, 2.75) is 38.3 Å². The highest BCUT2D eigenvalue weighted by Crippen LogP contribution is 2.44. The number of carboxylic acid groups (broad SMARTS) is 1. The van der Waals surface area contributed by atoms with Crippen LogP contribution in [0.3, 0.4) is 0 Å². The topological polar surface area (TPSA) is 118 Å². The molecule has 0 saturated carbocycles. The number of carboxylic acids is 1. The molecule has 1 heterocycles. The van der Waals surface area contributed by atoms with Crippen LogP contribution in [-0.4, -0.2) is 40.7 Å². The number of amides is 2. The lowest BCUT2D eigenvalue weighted by Gasteiger charge is -2.15. The number of aliphatic carboxylic acids is 1. The SMILES string of the molecule is CC[C@H](CC(=O)O)NC(=O)c1ccnc(CNC(=O)OCC2c3ccccc3-c3ccccc32)c1. The van der Waals surface area contributed by atoms with Gasteiger partial charge < -0.3 is 20.5 Å². The minimum Gasteiger partial charge on any atom is -0.481 e. The highest BCUT2D eigenvalue weighted by Gasteiger charge is 2.29. The molecule has 0 bridgehead atoms. The minimum atomic E-state index is -0.972. The van der Waals surface area contributed by atoms with E-state index < -0.39 is 18.1 Å². The van der Waals surface area contributed by atoms with Gasteiger partial charge >= 0.3 is 12.1 Å². The predicted octanol–water partition coefficient (Wildman–Crippen LogP) is 4.10. The largest absolute Gasteiger partial charge is 0.481 e. The van der Waals surface area contributed by atoms with Crippen molar-refractivity contribution in [3.8, 4) is 11.1 Å². The Morgan fingerprint density at radius 1 is 1.03 bits per heavy atom. The van der Waals surface area contributed by atoms with Crippen LogP contribution in [0.15, 0.2) is 66.9 Å². The molecule has 8 nitrogen and oxygen atoms in total. The number of rotatable bonds is 9. The summed E-state index contributed by atoms with van der Waals surface area (Å²) in [5.74, 6) is -1.39. The standard InChI is InChI=1S/C27H27N3O5/c1-2-18(14-25(31)32)30-26(33)17-11-12-28-19(13-17)15-29-27(34)35-16-24-22-9-5-3-7-20(22)21-8-4-6-10-23(21)24/h3-13,18,24H,2,14-16H2,1H3,(H,29,34)(H,30,33)(H,31,32)/t18-/m1/s1. The van der Waals surface area contributed by atoms with Gasteiger partial charge in [-0.15, -0.1) is 0 Å². The molecular formula is C27H27N3O5. The van der Waals surface area contributed by atoms with Gasteiger partial charge in [0, 0.05) is 23.7 Å². The molecule has 0 saturated heterocycles. The van der Waals surface area contributed by atoms with E-state index in [4.69, 9.17) is 9.84 Å². The summed E-state index contributed by atoms with van der Waals surface area (Å²) in [6.45, 7) is 2.10. The maximum atomic E-state index is 12.5. The Kier molecular flexibility index (Phi) is 7.40. The van der Waals surface area contributed by atoms with Gasteiger partial charge in [0.25, 0.3) is 5.91 Å². The van der Waals surface area contributed by atoms with Gasteiger partial charge in [-0.3, -0.25) is 14.6 Å². The second-order valence-electron chi connectivity index (χ2n) is 8.39. The van der Waals surface area contributed by atoms with E-state index in [2.05, 4.69) is 39.9 Å². The molecule has 0 radical (unpaired) electrons. The van der Waals surface area contributed by atoms with Gasteiger partial charge in [0.15, 0.2) is 0 Å². The van der Waals surface area contributed by atoms with Crippen molar-refractivity contribution in [2.24, 2.45) is 0 Å². The zero-order valence-electron chi connectivity index (χ0n) is 19.4. The van der Waals surface area contributed by atoms with Gasteiger partial charge in [0.1, 0.15) is 6.61 Å². The molecule has 1 aliphatic carbocycles. The van der Waals surface area contributed by atoms with E-state index in [1.54, 1.807) is 12.1 Å². The van der Waals surface area contributed by atoms with Crippen LogP contribution in [0.1, 0.15) is 52.9 Å². The van der Waals surface area contributed by atoms with Crippen LogP contribution in [0.4, 0.5) is 4.79 Å². The zero-order chi connectivity index (χ0) is 24.8. The molecule has 2 amide bonds. The van der Waals surface area contributed by atoms with E-state index in [9.17, 15) is 14.4 Å². The van der Waals surface area contributed by atoms with Crippen LogP contribution in [0.5, 0.6) is 0 Å². The van der Waals surface area contributed by atoms with Gasteiger partial charge in [-0.25, -0.2) is 4.79 Å². The number of carbonyl (C=O) groups is 3. The summed E-state index contributed by atoms with van der Waals surface area (Å²) in [6, 6.07) is 18.9. The van der Waals surface area contributed by atoms with E-state index in [1.807, 2.05) is 31.2 Å². The fourth-order valence-corrected chi connectivity index (χ4v) is 4.31. The number of alkyl carbamates (subject to hydrolysis) is 1. The summed E-state index contributed by atoms with van der Waals surface area (Å²) < 4.78 is 5.53. The monoisotopic (exact) mass is 473 g/mol. The molecule has 4 rings (SSSR count). The van der Waals surface area contributed by atoms with Crippen LogP contribution in [0.25, 0.3) is 11.1 Å². The van der Waals surface area contributed by atoms with Gasteiger partial charge in [0.2, 0.25) is 0 Å². The number of aromatic nitrogens is 1. The molecule has 0 fully saturated rings. The number of benzene rings is 2. The average Bonchev–Trinajstić information content (AvgIpc) is 3.19. The molecule has 180 valence electrons. The van der Waals surface area contributed by atoms with Gasteiger partial charge in [-0.05, 0) is 40.8 Å². The van der Waals surface area contributed by atoms with E-state index in [1.165, 1.54) is 6.20 Å². The number of carbonyl (C=O) groups excluding carboxylic acids is 2. The number of ether oxygens (including phenoxy) is 1. The first kappa shape index (κ1) is 23.9. The first-order valence-corrected chi connectivity index (χ1v) is 11.5. The smallest absolute Gasteiger partial charge is 0.407 e. The van der Waals surface area contributed by atoms with Crippen molar-refractivity contribution in [2.75, 3.05) is 6.61 Å². The van der Waals surface area contributed by atoms with Crippen molar-refractivity contribution in [3.05, 3.63) is 89.2 Å². The molecule has 3 N–H and O–H groups in total. The number of hydrogen-bond donors (Lipinski definition) is 3. The third-order valence-corrected chi connectivity index (χ3v) is 6.09. The maximum absolute atomic E-state index is 12.5. The minimum absolute atomic E-state index is 0.0318. The van der Waals surface area contributed by atoms with Crippen LogP contribution in [-0.2, 0) is 16.1 Å². The number of fused-ring (bicyclic) bond motifs is 3. The van der Waals surface area contributed by atoms with Crippen LogP contribution in [0, 0.1) is 0 Å². The fraction of sp³-hybridized carbons (Fsp3) is 0.259. The highest BCUT2D eigenvalue weighted by atomic mass is 16.5. The van der Waals surface area contributed by atoms with Gasteiger partial charge in [-0.1, -0.05) is 55.5 Å². The van der Waals surface area contributed by atoms with E-state index in [0.717, 1.165) is 22.3 Å². The van der Waals surface area contributed by atoms with E-state index in [-0.39, 0.29) is 31.4 Å². The number of nitrogens with zero attached hydrogens (tertiary/aromatic N) is 1. The first-order chi connectivity index (χ1) is 17.0. The Hall–Kier alpha value is -4.20. The highest BCUT2D eigenvalue weighted by molar-refractivity contribution is 5.94. The quantitative estimate of drug-likeness (QED) is 0.431. The predicted molar refractivity (Wildman–Crippen MR) is 130 cm³/mol. The molecule has 0 aliphatic heterocycles. The molecule has 2 aromatic carbocycles. The summed E-state index contributed by atoms with van der Waals surface area (Å²) >= 11 is 0. The van der Waals surface area contributed by atoms with Crippen LogP contribution in [0.2, 0.25) is 0 Å². The molecule has 1 aromatic heterocycles. The lowest BCUT2D eigenvalue weighted by Crippen LogP contribution is -2.36. The summed E-state index contributed by atoms with van der Waals surface area (Å²) in [7, 11) is 0. The number of pyridine rings is 1. The maximum Gasteiger partial charge on any atom is 0.407 e. The van der Waals surface area contributed by atoms with Crippen molar-refractivity contribution in [1.82, 2.24) is 15.6 Å². The molecule has 0 spiro atoms. The Balaban J connectivity index is 1.33. The van der Waals surface area contributed by atoms with Crippen LogP contribution < -0.4 is 10.6 Å². The number of hydrogen-bond acceptors (Lipinski definition) is 5. The molecule has 35 heavy (non-hydrogen) atoms. The van der Waals surface area contributed by atoms with Gasteiger partial charge in [0.05, 0.1) is 18.7 Å². The van der Waals surface area contributed by atoms with Crippen molar-refractivity contribution < 1.29 is 24.2 Å². The average molecular weight is 474 g/mol. The van der Waals surface area contributed by atoms with Crippen molar-refractivity contribution in [1.29, 1.82) is 0 Å². The van der Waals surface area contributed by atoms with Crippen LogP contribution >= 0.6 is 0 Å². The van der Waals surface area contributed by atoms with E-state index >= 15 is 0 Å². The Morgan fingerprint density at radius 3 is 2.31 bits per heavy atom. The van der Waals surface area contributed by atoms with Crippen molar-refractivity contribution in [3.63, 3.8) is 0 Å². The van der Waals surface area contributed by atoms with Crippen molar-refractivity contribution >= 4 is 18.0 Å². The third kappa shape index (κ3) is 5.66. The molecule has 3 aromatic rings. The number of nitrogens with one attached hydrogen (secondary N) is 2. The summed E-state index contributed by atoms with van der Waals surface area (Å²) in [6.07, 6.45) is 1.25. The lowest BCUT2D eigenvalue weighted by molar-refractivity contribution is -0.137.